The third-order valence-electron chi connectivity index (χ3n) is 4.19. The molecule has 0 saturated carbocycles. The zero-order valence-electron chi connectivity index (χ0n) is 15.3. The number of amides is 1. The molecule has 0 aliphatic heterocycles. The molecule has 0 aliphatic carbocycles. The van der Waals surface area contributed by atoms with Crippen LogP contribution in [0, 0.1) is 11.2 Å². The Morgan fingerprint density at radius 2 is 1.76 bits per heavy atom. The number of halogens is 1. The van der Waals surface area contributed by atoms with Gasteiger partial charge in [-0.1, -0.05) is 51.1 Å². The normalized spacial score (nSPS) is 12.5. The van der Waals surface area contributed by atoms with Crippen LogP contribution in [-0.4, -0.2) is 13.0 Å². The van der Waals surface area contributed by atoms with Crippen LogP contribution in [0.5, 0.6) is 5.75 Å². The second-order valence-corrected chi connectivity index (χ2v) is 7.23. The van der Waals surface area contributed by atoms with Crippen molar-refractivity contribution in [2.45, 2.75) is 39.7 Å². The fourth-order valence-electron chi connectivity index (χ4n) is 2.85. The molecule has 0 aromatic heterocycles. The second-order valence-electron chi connectivity index (χ2n) is 7.23. The highest BCUT2D eigenvalue weighted by atomic mass is 19.1. The molecule has 1 N–H and O–H groups in total. The maximum absolute atomic E-state index is 13.2. The molecule has 0 saturated heterocycles. The Bertz CT molecular complexity index is 705. The number of methoxy groups -OCH3 is 1. The number of hydrogen-bond acceptors (Lipinski definition) is 2. The minimum atomic E-state index is -0.279. The van der Waals surface area contributed by atoms with Gasteiger partial charge in [0.2, 0.25) is 5.91 Å². The molecule has 0 spiro atoms. The van der Waals surface area contributed by atoms with E-state index in [0.717, 1.165) is 16.9 Å². The van der Waals surface area contributed by atoms with Crippen molar-refractivity contribution in [3.05, 3.63) is 65.5 Å². The van der Waals surface area contributed by atoms with Gasteiger partial charge in [-0.2, -0.15) is 0 Å². The molecule has 2 aromatic carbocycles. The molecule has 0 bridgehead atoms. The fourth-order valence-corrected chi connectivity index (χ4v) is 2.85. The minimum Gasteiger partial charge on any atom is -0.496 e. The Morgan fingerprint density at radius 3 is 2.36 bits per heavy atom. The van der Waals surface area contributed by atoms with Gasteiger partial charge in [-0.15, -0.1) is 0 Å². The Hall–Kier alpha value is -2.36. The van der Waals surface area contributed by atoms with E-state index < -0.39 is 0 Å². The van der Waals surface area contributed by atoms with Gasteiger partial charge < -0.3 is 10.1 Å². The first-order chi connectivity index (χ1) is 11.8. The van der Waals surface area contributed by atoms with E-state index in [0.29, 0.717) is 12.8 Å². The average molecular weight is 343 g/mol. The minimum absolute atomic E-state index is 0.0323. The Kier molecular flexibility index (Phi) is 6.18. The number of nitrogens with one attached hydrogen (secondary N) is 1. The molecule has 1 atom stereocenters. The predicted octanol–water partition coefficient (Wildman–Crippen LogP) is 4.67. The number of carbonyl (C=O) groups is 1. The Labute approximate surface area is 149 Å². The van der Waals surface area contributed by atoms with E-state index in [9.17, 15) is 9.18 Å². The molecule has 0 fully saturated rings. The van der Waals surface area contributed by atoms with Gasteiger partial charge >= 0.3 is 0 Å². The molecule has 3 nitrogen and oxygen atoms in total. The van der Waals surface area contributed by atoms with Crippen LogP contribution in [0.3, 0.4) is 0 Å². The van der Waals surface area contributed by atoms with Crippen LogP contribution in [0.25, 0.3) is 0 Å². The van der Waals surface area contributed by atoms with Crippen molar-refractivity contribution in [2.75, 3.05) is 7.11 Å². The molecule has 1 amide bonds. The van der Waals surface area contributed by atoms with Crippen molar-refractivity contribution in [3.8, 4) is 5.75 Å². The van der Waals surface area contributed by atoms with Crippen molar-refractivity contribution in [1.29, 1.82) is 0 Å². The second kappa shape index (κ2) is 8.15. The van der Waals surface area contributed by atoms with Gasteiger partial charge in [0.05, 0.1) is 13.2 Å². The van der Waals surface area contributed by atoms with Gasteiger partial charge in [0.1, 0.15) is 11.6 Å². The summed E-state index contributed by atoms with van der Waals surface area (Å²) < 4.78 is 18.5. The lowest BCUT2D eigenvalue weighted by atomic mass is 9.82. The van der Waals surface area contributed by atoms with Gasteiger partial charge in [-0.25, -0.2) is 4.39 Å². The van der Waals surface area contributed by atoms with E-state index in [4.69, 9.17) is 4.74 Å². The SMILES string of the molecule is COc1ccccc1CCC(=O)NC(c1ccc(F)cc1)C(C)(C)C. The van der Waals surface area contributed by atoms with Crippen LogP contribution in [-0.2, 0) is 11.2 Å². The maximum Gasteiger partial charge on any atom is 0.220 e. The molecular weight excluding hydrogens is 317 g/mol. The van der Waals surface area contributed by atoms with Gasteiger partial charge in [0, 0.05) is 6.42 Å². The summed E-state index contributed by atoms with van der Waals surface area (Å²) in [4.78, 5) is 12.5. The maximum atomic E-state index is 13.2. The number of benzene rings is 2. The van der Waals surface area contributed by atoms with Crippen LogP contribution >= 0.6 is 0 Å². The summed E-state index contributed by atoms with van der Waals surface area (Å²) in [6, 6.07) is 13.8. The van der Waals surface area contributed by atoms with E-state index in [2.05, 4.69) is 26.1 Å². The number of hydrogen-bond donors (Lipinski definition) is 1. The summed E-state index contributed by atoms with van der Waals surface area (Å²) in [7, 11) is 1.63. The molecule has 0 heterocycles. The van der Waals surface area contributed by atoms with Crippen molar-refractivity contribution < 1.29 is 13.9 Å². The van der Waals surface area contributed by atoms with Crippen LogP contribution < -0.4 is 10.1 Å². The molecule has 2 aromatic rings. The monoisotopic (exact) mass is 343 g/mol. The first kappa shape index (κ1) is 19.0. The van der Waals surface area contributed by atoms with Crippen LogP contribution in [0.15, 0.2) is 48.5 Å². The van der Waals surface area contributed by atoms with Gasteiger partial charge in [0.25, 0.3) is 0 Å². The van der Waals surface area contributed by atoms with E-state index in [-0.39, 0.29) is 23.2 Å². The van der Waals surface area contributed by atoms with Crippen molar-refractivity contribution in [1.82, 2.24) is 5.32 Å². The molecular formula is C21H26FNO2. The third-order valence-corrected chi connectivity index (χ3v) is 4.19. The van der Waals surface area contributed by atoms with Gasteiger partial charge in [-0.3, -0.25) is 4.79 Å². The summed E-state index contributed by atoms with van der Waals surface area (Å²) >= 11 is 0. The zero-order chi connectivity index (χ0) is 18.4. The predicted molar refractivity (Wildman–Crippen MR) is 98.1 cm³/mol. The summed E-state index contributed by atoms with van der Waals surface area (Å²) in [6.07, 6.45) is 0.976. The molecule has 0 aliphatic rings. The first-order valence-corrected chi connectivity index (χ1v) is 8.48. The number of rotatable bonds is 6. The van der Waals surface area contributed by atoms with Crippen LogP contribution in [0.1, 0.15) is 44.4 Å². The number of para-hydroxylation sites is 1. The average Bonchev–Trinajstić information content (AvgIpc) is 2.58. The standard InChI is InChI=1S/C21H26FNO2/c1-21(2,3)20(16-9-12-17(22)13-10-16)23-19(24)14-11-15-7-5-6-8-18(15)25-4/h5-10,12-13,20H,11,14H2,1-4H3,(H,23,24). The molecule has 4 heteroatoms. The topological polar surface area (TPSA) is 38.3 Å². The smallest absolute Gasteiger partial charge is 0.220 e. The lowest BCUT2D eigenvalue weighted by molar-refractivity contribution is -0.122. The first-order valence-electron chi connectivity index (χ1n) is 8.48. The van der Waals surface area contributed by atoms with E-state index in [1.807, 2.05) is 24.3 Å². The van der Waals surface area contributed by atoms with Crippen molar-refractivity contribution >= 4 is 5.91 Å². The van der Waals surface area contributed by atoms with E-state index in [1.165, 1.54) is 12.1 Å². The van der Waals surface area contributed by atoms with Gasteiger partial charge in [0.15, 0.2) is 0 Å². The fraction of sp³-hybridized carbons (Fsp3) is 0.381. The lowest BCUT2D eigenvalue weighted by Gasteiger charge is -2.32. The molecule has 2 rings (SSSR count). The van der Waals surface area contributed by atoms with E-state index >= 15 is 0 Å². The third kappa shape index (κ3) is 5.31. The lowest BCUT2D eigenvalue weighted by Crippen LogP contribution is -2.36. The summed E-state index contributed by atoms with van der Waals surface area (Å²) in [5.41, 5.74) is 1.73. The van der Waals surface area contributed by atoms with E-state index in [1.54, 1.807) is 19.2 Å². The molecule has 0 radical (unpaired) electrons. The number of carbonyl (C=O) groups excluding carboxylic acids is 1. The molecule has 1 unspecified atom stereocenters. The number of ether oxygens (including phenoxy) is 1. The largest absolute Gasteiger partial charge is 0.496 e. The quantitative estimate of drug-likeness (QED) is 0.828. The highest BCUT2D eigenvalue weighted by Gasteiger charge is 2.27. The molecule has 134 valence electrons. The van der Waals surface area contributed by atoms with Crippen LogP contribution in [0.4, 0.5) is 4.39 Å². The highest BCUT2D eigenvalue weighted by molar-refractivity contribution is 5.77. The van der Waals surface area contributed by atoms with Crippen LogP contribution in [0.2, 0.25) is 0 Å². The summed E-state index contributed by atoms with van der Waals surface area (Å²) in [6.45, 7) is 6.17. The summed E-state index contributed by atoms with van der Waals surface area (Å²) in [5.74, 6) is 0.482. The van der Waals surface area contributed by atoms with Crippen molar-refractivity contribution in [2.24, 2.45) is 5.41 Å². The summed E-state index contributed by atoms with van der Waals surface area (Å²) in [5, 5.41) is 3.10. The van der Waals surface area contributed by atoms with Gasteiger partial charge in [-0.05, 0) is 41.2 Å². The molecule has 25 heavy (non-hydrogen) atoms. The number of aryl methyl sites for hydroxylation is 1. The zero-order valence-corrected chi connectivity index (χ0v) is 15.3. The Morgan fingerprint density at radius 1 is 1.12 bits per heavy atom. The van der Waals surface area contributed by atoms with Crippen molar-refractivity contribution in [3.63, 3.8) is 0 Å². The Balaban J connectivity index is 2.06. The highest BCUT2D eigenvalue weighted by Crippen LogP contribution is 2.33.